The second kappa shape index (κ2) is 7.02. The Morgan fingerprint density at radius 2 is 1.55 bits per heavy atom. The van der Waals surface area contributed by atoms with Gasteiger partial charge in [0.25, 0.3) is 0 Å². The fourth-order valence-electron chi connectivity index (χ4n) is 2.05. The molecule has 1 nitrogen and oxygen atoms in total. The van der Waals surface area contributed by atoms with Gasteiger partial charge in [0.15, 0.2) is 0 Å². The van der Waals surface area contributed by atoms with Crippen LogP contribution in [-0.4, -0.2) is 7.05 Å². The number of hydrogen-bond acceptors (Lipinski definition) is 1. The average Bonchev–Trinajstić information content (AvgIpc) is 2.42. The van der Waals surface area contributed by atoms with E-state index in [1.807, 2.05) is 37.4 Å². The van der Waals surface area contributed by atoms with Gasteiger partial charge in [-0.1, -0.05) is 58.5 Å². The fraction of sp³-hybridized carbons (Fsp3) is 0.200. The molecule has 20 heavy (non-hydrogen) atoms. The number of rotatable bonds is 4. The molecule has 106 valence electrons. The van der Waals surface area contributed by atoms with Crippen LogP contribution in [0.1, 0.15) is 17.2 Å². The molecule has 0 amide bonds. The molecule has 0 radical (unpaired) electrons. The molecule has 0 aliphatic rings. The van der Waals surface area contributed by atoms with Crippen molar-refractivity contribution in [1.82, 2.24) is 5.32 Å². The summed E-state index contributed by atoms with van der Waals surface area (Å²) >= 11 is 24.4. The number of halogens is 4. The van der Waals surface area contributed by atoms with E-state index in [0.717, 1.165) is 11.1 Å². The summed E-state index contributed by atoms with van der Waals surface area (Å²) in [5.41, 5.74) is 1.96. The summed E-state index contributed by atoms with van der Waals surface area (Å²) in [4.78, 5) is 0. The lowest BCUT2D eigenvalue weighted by atomic mass is 9.99. The van der Waals surface area contributed by atoms with Crippen LogP contribution in [0.25, 0.3) is 0 Å². The van der Waals surface area contributed by atoms with Gasteiger partial charge < -0.3 is 5.32 Å². The van der Waals surface area contributed by atoms with E-state index < -0.39 is 0 Å². The maximum absolute atomic E-state index is 6.22. The highest BCUT2D eigenvalue weighted by molar-refractivity contribution is 6.42. The Kier molecular flexibility index (Phi) is 5.59. The SMILES string of the molecule is CNC(Cc1c(Cl)cccc1Cl)c1ccc(Cl)c(Cl)c1. The predicted molar refractivity (Wildman–Crippen MR) is 88.4 cm³/mol. The van der Waals surface area contributed by atoms with Gasteiger partial charge in [-0.05, 0) is 48.9 Å². The van der Waals surface area contributed by atoms with Gasteiger partial charge in [0.1, 0.15) is 0 Å². The Morgan fingerprint density at radius 3 is 2.10 bits per heavy atom. The number of likely N-dealkylation sites (N-methyl/N-ethyl adjacent to an activating group) is 1. The van der Waals surface area contributed by atoms with Crippen LogP contribution < -0.4 is 5.32 Å². The summed E-state index contributed by atoms with van der Waals surface area (Å²) in [6.45, 7) is 0. The van der Waals surface area contributed by atoms with Gasteiger partial charge in [0, 0.05) is 16.1 Å². The molecule has 0 saturated heterocycles. The Morgan fingerprint density at radius 1 is 0.900 bits per heavy atom. The minimum Gasteiger partial charge on any atom is -0.313 e. The van der Waals surface area contributed by atoms with Gasteiger partial charge in [0.2, 0.25) is 0 Å². The molecule has 0 heterocycles. The quantitative estimate of drug-likeness (QED) is 0.735. The van der Waals surface area contributed by atoms with Crippen molar-refractivity contribution >= 4 is 46.4 Å². The molecule has 2 rings (SSSR count). The Hall–Kier alpha value is -0.440. The molecule has 0 saturated carbocycles. The van der Waals surface area contributed by atoms with Crippen LogP contribution in [0, 0.1) is 0 Å². The minimum absolute atomic E-state index is 0.0576. The van der Waals surface area contributed by atoms with Crippen LogP contribution in [-0.2, 0) is 6.42 Å². The van der Waals surface area contributed by atoms with Crippen LogP contribution in [0.2, 0.25) is 20.1 Å². The van der Waals surface area contributed by atoms with Crippen molar-refractivity contribution in [2.75, 3.05) is 7.05 Å². The zero-order valence-electron chi connectivity index (χ0n) is 10.8. The zero-order chi connectivity index (χ0) is 14.7. The van der Waals surface area contributed by atoms with Crippen molar-refractivity contribution in [3.05, 3.63) is 67.6 Å². The van der Waals surface area contributed by atoms with Crippen LogP contribution in [0.5, 0.6) is 0 Å². The number of benzene rings is 2. The third-order valence-corrected chi connectivity index (χ3v) is 4.61. The summed E-state index contributed by atoms with van der Waals surface area (Å²) in [6.07, 6.45) is 0.674. The summed E-state index contributed by atoms with van der Waals surface area (Å²) in [6, 6.07) is 11.2. The van der Waals surface area contributed by atoms with Crippen molar-refractivity contribution in [2.45, 2.75) is 12.5 Å². The van der Waals surface area contributed by atoms with E-state index in [9.17, 15) is 0 Å². The smallest absolute Gasteiger partial charge is 0.0595 e. The minimum atomic E-state index is 0.0576. The highest BCUT2D eigenvalue weighted by atomic mass is 35.5. The first-order valence-electron chi connectivity index (χ1n) is 6.08. The average molecular weight is 349 g/mol. The van der Waals surface area contributed by atoms with Gasteiger partial charge >= 0.3 is 0 Å². The van der Waals surface area contributed by atoms with E-state index in [-0.39, 0.29) is 6.04 Å². The molecule has 0 spiro atoms. The van der Waals surface area contributed by atoms with E-state index in [1.165, 1.54) is 0 Å². The number of hydrogen-bond donors (Lipinski definition) is 1. The van der Waals surface area contributed by atoms with Crippen LogP contribution in [0.4, 0.5) is 0 Å². The molecule has 2 aromatic rings. The topological polar surface area (TPSA) is 12.0 Å². The Balaban J connectivity index is 2.31. The van der Waals surface area contributed by atoms with Gasteiger partial charge in [-0.15, -0.1) is 0 Å². The molecule has 0 aliphatic heterocycles. The lowest BCUT2D eigenvalue weighted by Crippen LogP contribution is -2.19. The van der Waals surface area contributed by atoms with Crippen LogP contribution in [0.15, 0.2) is 36.4 Å². The Labute approximate surface area is 138 Å². The van der Waals surface area contributed by atoms with Crippen molar-refractivity contribution in [1.29, 1.82) is 0 Å². The first-order valence-corrected chi connectivity index (χ1v) is 7.59. The van der Waals surface area contributed by atoms with Crippen molar-refractivity contribution in [2.24, 2.45) is 0 Å². The molecule has 1 N–H and O–H groups in total. The normalized spacial score (nSPS) is 12.4. The first kappa shape index (κ1) is 15.9. The molecule has 0 bridgehead atoms. The maximum atomic E-state index is 6.22. The van der Waals surface area contributed by atoms with E-state index in [2.05, 4.69) is 5.32 Å². The third-order valence-electron chi connectivity index (χ3n) is 3.16. The lowest BCUT2D eigenvalue weighted by molar-refractivity contribution is 0.592. The maximum Gasteiger partial charge on any atom is 0.0595 e. The van der Waals surface area contributed by atoms with E-state index in [1.54, 1.807) is 6.07 Å². The molecule has 2 aromatic carbocycles. The van der Waals surface area contributed by atoms with Crippen molar-refractivity contribution in [3.8, 4) is 0 Å². The largest absolute Gasteiger partial charge is 0.313 e. The molecule has 0 aliphatic carbocycles. The van der Waals surface area contributed by atoms with Gasteiger partial charge in [-0.2, -0.15) is 0 Å². The second-order valence-corrected chi connectivity index (χ2v) is 6.05. The molecular formula is C15H13Cl4N. The lowest BCUT2D eigenvalue weighted by Gasteiger charge is -2.19. The van der Waals surface area contributed by atoms with Gasteiger partial charge in [0.05, 0.1) is 10.0 Å². The summed E-state index contributed by atoms with van der Waals surface area (Å²) < 4.78 is 0. The van der Waals surface area contributed by atoms with E-state index in [4.69, 9.17) is 46.4 Å². The standard InChI is InChI=1S/C15H13Cl4N/c1-20-15(9-5-6-13(18)14(19)7-9)8-10-11(16)3-2-4-12(10)17/h2-7,15,20H,8H2,1H3. The van der Waals surface area contributed by atoms with Crippen LogP contribution >= 0.6 is 46.4 Å². The molecule has 1 atom stereocenters. The zero-order valence-corrected chi connectivity index (χ0v) is 13.8. The van der Waals surface area contributed by atoms with Gasteiger partial charge in [-0.3, -0.25) is 0 Å². The van der Waals surface area contributed by atoms with Gasteiger partial charge in [-0.25, -0.2) is 0 Å². The second-order valence-electron chi connectivity index (χ2n) is 4.42. The molecule has 5 heteroatoms. The van der Waals surface area contributed by atoms with E-state index >= 15 is 0 Å². The first-order chi connectivity index (χ1) is 9.52. The molecule has 1 unspecified atom stereocenters. The molecule has 0 fully saturated rings. The highest BCUT2D eigenvalue weighted by Gasteiger charge is 2.15. The highest BCUT2D eigenvalue weighted by Crippen LogP contribution is 2.31. The van der Waals surface area contributed by atoms with Crippen molar-refractivity contribution in [3.63, 3.8) is 0 Å². The third kappa shape index (κ3) is 3.60. The molecular weight excluding hydrogens is 336 g/mol. The van der Waals surface area contributed by atoms with Crippen molar-refractivity contribution < 1.29 is 0 Å². The summed E-state index contributed by atoms with van der Waals surface area (Å²) in [5.74, 6) is 0. The number of nitrogens with one attached hydrogen (secondary N) is 1. The summed E-state index contributed by atoms with van der Waals surface area (Å²) in [7, 11) is 1.89. The van der Waals surface area contributed by atoms with E-state index in [0.29, 0.717) is 26.5 Å². The summed E-state index contributed by atoms with van der Waals surface area (Å²) in [5, 5.41) is 5.66. The monoisotopic (exact) mass is 347 g/mol. The fourth-order valence-corrected chi connectivity index (χ4v) is 2.91. The van der Waals surface area contributed by atoms with Crippen LogP contribution in [0.3, 0.4) is 0 Å². The predicted octanol–water partition coefficient (Wildman–Crippen LogP) is 5.80. The molecule has 0 aromatic heterocycles. The Bertz CT molecular complexity index is 593.